The van der Waals surface area contributed by atoms with E-state index in [0.29, 0.717) is 28.9 Å². The van der Waals surface area contributed by atoms with E-state index >= 15 is 0 Å². The van der Waals surface area contributed by atoms with Crippen molar-refractivity contribution in [2.75, 3.05) is 10.6 Å². The van der Waals surface area contributed by atoms with Gasteiger partial charge in [0, 0.05) is 22.6 Å². The predicted octanol–water partition coefficient (Wildman–Crippen LogP) is 3.70. The lowest BCUT2D eigenvalue weighted by Crippen LogP contribution is -2.16. The molecule has 0 aliphatic carbocycles. The molecule has 0 aliphatic rings. The fourth-order valence-corrected chi connectivity index (χ4v) is 2.29. The number of amides is 1. The molecule has 0 spiro atoms. The monoisotopic (exact) mass is 353 g/mol. The molecule has 25 heavy (non-hydrogen) atoms. The summed E-state index contributed by atoms with van der Waals surface area (Å²) >= 11 is 5.85. The number of hydrogen-bond acceptors (Lipinski definition) is 5. The second kappa shape index (κ2) is 7.72. The van der Waals surface area contributed by atoms with Crippen LogP contribution >= 0.6 is 11.6 Å². The van der Waals surface area contributed by atoms with Crippen molar-refractivity contribution in [3.8, 4) is 0 Å². The number of nitrogens with zero attached hydrogens (tertiary/aromatic N) is 3. The van der Waals surface area contributed by atoms with Crippen LogP contribution in [0.15, 0.2) is 54.7 Å². The Labute approximate surface area is 150 Å². The molecule has 2 aromatic heterocycles. The first kappa shape index (κ1) is 16.9. The van der Waals surface area contributed by atoms with Gasteiger partial charge in [0.2, 0.25) is 5.95 Å². The van der Waals surface area contributed by atoms with Crippen LogP contribution in [0.2, 0.25) is 5.02 Å². The molecular formula is C18H16ClN5O. The number of halogens is 1. The van der Waals surface area contributed by atoms with E-state index in [1.54, 1.807) is 36.5 Å². The van der Waals surface area contributed by atoms with Gasteiger partial charge in [0.05, 0.1) is 12.2 Å². The second-order valence-electron chi connectivity index (χ2n) is 5.35. The lowest BCUT2D eigenvalue weighted by atomic mass is 10.3. The molecule has 6 nitrogen and oxygen atoms in total. The smallest absolute Gasteiger partial charge is 0.274 e. The minimum absolute atomic E-state index is 0.283. The van der Waals surface area contributed by atoms with Gasteiger partial charge in [-0.15, -0.1) is 0 Å². The second-order valence-corrected chi connectivity index (χ2v) is 5.79. The van der Waals surface area contributed by atoms with Crippen molar-refractivity contribution in [2.45, 2.75) is 13.5 Å². The highest BCUT2D eigenvalue weighted by atomic mass is 35.5. The summed E-state index contributed by atoms with van der Waals surface area (Å²) in [5, 5.41) is 6.48. The SMILES string of the molecule is Cc1cc(C(=O)Nc2ccc(Cl)cc2)nc(NCc2ccccn2)n1. The van der Waals surface area contributed by atoms with E-state index in [0.717, 1.165) is 5.69 Å². The van der Waals surface area contributed by atoms with Crippen molar-refractivity contribution in [3.05, 3.63) is 76.8 Å². The number of anilines is 2. The van der Waals surface area contributed by atoms with Crippen molar-refractivity contribution in [1.29, 1.82) is 0 Å². The van der Waals surface area contributed by atoms with Crippen LogP contribution in [0, 0.1) is 6.92 Å². The first-order valence-electron chi connectivity index (χ1n) is 7.66. The van der Waals surface area contributed by atoms with Gasteiger partial charge < -0.3 is 10.6 Å². The summed E-state index contributed by atoms with van der Waals surface area (Å²) in [4.78, 5) is 25.2. The zero-order chi connectivity index (χ0) is 17.6. The van der Waals surface area contributed by atoms with Crippen molar-refractivity contribution in [2.24, 2.45) is 0 Å². The Bertz CT molecular complexity index is 868. The van der Waals surface area contributed by atoms with Crippen LogP contribution in [0.1, 0.15) is 21.9 Å². The number of pyridine rings is 1. The topological polar surface area (TPSA) is 79.8 Å². The van der Waals surface area contributed by atoms with E-state index in [1.165, 1.54) is 0 Å². The average Bonchev–Trinajstić information content (AvgIpc) is 2.62. The lowest BCUT2D eigenvalue weighted by molar-refractivity contribution is 0.102. The van der Waals surface area contributed by atoms with Gasteiger partial charge in [0.25, 0.3) is 5.91 Å². The van der Waals surface area contributed by atoms with Gasteiger partial charge in [-0.25, -0.2) is 9.97 Å². The van der Waals surface area contributed by atoms with Crippen LogP contribution in [0.25, 0.3) is 0 Å². The number of aryl methyl sites for hydroxylation is 1. The minimum Gasteiger partial charge on any atom is -0.349 e. The zero-order valence-corrected chi connectivity index (χ0v) is 14.3. The summed E-state index contributed by atoms with van der Waals surface area (Å²) in [5.74, 6) is 0.0700. The van der Waals surface area contributed by atoms with Crippen molar-refractivity contribution in [3.63, 3.8) is 0 Å². The summed E-state index contributed by atoms with van der Waals surface area (Å²) in [6.07, 6.45) is 1.72. The molecule has 0 fully saturated rings. The van der Waals surface area contributed by atoms with Crippen LogP contribution in [0.5, 0.6) is 0 Å². The van der Waals surface area contributed by atoms with Crippen LogP contribution in [-0.4, -0.2) is 20.9 Å². The van der Waals surface area contributed by atoms with Crippen LogP contribution in [0.3, 0.4) is 0 Å². The molecule has 2 N–H and O–H groups in total. The fourth-order valence-electron chi connectivity index (χ4n) is 2.16. The molecule has 126 valence electrons. The molecule has 3 rings (SSSR count). The molecule has 0 bridgehead atoms. The highest BCUT2D eigenvalue weighted by Gasteiger charge is 2.11. The van der Waals surface area contributed by atoms with E-state index in [9.17, 15) is 4.79 Å². The minimum atomic E-state index is -0.311. The Kier molecular flexibility index (Phi) is 5.20. The summed E-state index contributed by atoms with van der Waals surface area (Å²) in [6, 6.07) is 14.2. The van der Waals surface area contributed by atoms with Crippen LogP contribution in [0.4, 0.5) is 11.6 Å². The summed E-state index contributed by atoms with van der Waals surface area (Å²) in [6.45, 7) is 2.29. The highest BCUT2D eigenvalue weighted by Crippen LogP contribution is 2.15. The van der Waals surface area contributed by atoms with Gasteiger partial charge in [-0.3, -0.25) is 9.78 Å². The predicted molar refractivity (Wildman–Crippen MR) is 97.7 cm³/mol. The molecule has 2 heterocycles. The van der Waals surface area contributed by atoms with Crippen LogP contribution in [-0.2, 0) is 6.54 Å². The molecule has 0 radical (unpaired) electrons. The number of rotatable bonds is 5. The number of carbonyl (C=O) groups is 1. The summed E-state index contributed by atoms with van der Waals surface area (Å²) in [7, 11) is 0. The van der Waals surface area contributed by atoms with E-state index in [2.05, 4.69) is 25.6 Å². The van der Waals surface area contributed by atoms with Crippen molar-refractivity contribution in [1.82, 2.24) is 15.0 Å². The highest BCUT2D eigenvalue weighted by molar-refractivity contribution is 6.30. The summed E-state index contributed by atoms with van der Waals surface area (Å²) < 4.78 is 0. The maximum Gasteiger partial charge on any atom is 0.274 e. The first-order valence-corrected chi connectivity index (χ1v) is 8.04. The maximum atomic E-state index is 12.4. The first-order chi connectivity index (χ1) is 12.1. The Morgan fingerprint density at radius 3 is 2.64 bits per heavy atom. The van der Waals surface area contributed by atoms with Gasteiger partial charge in [-0.2, -0.15) is 0 Å². The molecule has 0 saturated carbocycles. The van der Waals surface area contributed by atoms with E-state index in [4.69, 9.17) is 11.6 Å². The maximum absolute atomic E-state index is 12.4. The normalized spacial score (nSPS) is 10.3. The standard InChI is InChI=1S/C18H16ClN5O/c1-12-10-16(17(25)23-14-7-5-13(19)6-8-14)24-18(22-12)21-11-15-4-2-3-9-20-15/h2-10H,11H2,1H3,(H,23,25)(H,21,22,24). The van der Waals surface area contributed by atoms with Crippen LogP contribution < -0.4 is 10.6 Å². The number of aromatic nitrogens is 3. The Hall–Kier alpha value is -2.99. The molecule has 7 heteroatoms. The Morgan fingerprint density at radius 2 is 1.92 bits per heavy atom. The van der Waals surface area contributed by atoms with Gasteiger partial charge in [0.1, 0.15) is 5.69 Å². The lowest BCUT2D eigenvalue weighted by Gasteiger charge is -2.09. The molecule has 0 atom stereocenters. The molecule has 1 amide bonds. The molecule has 0 aliphatic heterocycles. The van der Waals surface area contributed by atoms with Gasteiger partial charge >= 0.3 is 0 Å². The van der Waals surface area contributed by atoms with E-state index < -0.39 is 0 Å². The van der Waals surface area contributed by atoms with Gasteiger partial charge in [0.15, 0.2) is 0 Å². The fraction of sp³-hybridized carbons (Fsp3) is 0.111. The summed E-state index contributed by atoms with van der Waals surface area (Å²) in [5.41, 5.74) is 2.49. The largest absolute Gasteiger partial charge is 0.349 e. The van der Waals surface area contributed by atoms with Crippen molar-refractivity contribution < 1.29 is 4.79 Å². The average molecular weight is 354 g/mol. The quantitative estimate of drug-likeness (QED) is 0.731. The number of hydrogen-bond donors (Lipinski definition) is 2. The molecule has 3 aromatic rings. The zero-order valence-electron chi connectivity index (χ0n) is 13.5. The number of benzene rings is 1. The molecule has 0 saturated heterocycles. The number of nitrogens with one attached hydrogen (secondary N) is 2. The third-order valence-corrected chi connectivity index (χ3v) is 3.59. The van der Waals surface area contributed by atoms with E-state index in [1.807, 2.05) is 25.1 Å². The van der Waals surface area contributed by atoms with Crippen molar-refractivity contribution >= 4 is 29.1 Å². The third kappa shape index (κ3) is 4.74. The Balaban J connectivity index is 1.72. The molecule has 1 aromatic carbocycles. The molecular weight excluding hydrogens is 338 g/mol. The van der Waals surface area contributed by atoms with Gasteiger partial charge in [-0.05, 0) is 49.4 Å². The number of carbonyl (C=O) groups excluding carboxylic acids is 1. The Morgan fingerprint density at radius 1 is 1.12 bits per heavy atom. The van der Waals surface area contributed by atoms with Gasteiger partial charge in [-0.1, -0.05) is 17.7 Å². The molecule has 0 unspecified atom stereocenters. The third-order valence-electron chi connectivity index (χ3n) is 3.34. The van der Waals surface area contributed by atoms with E-state index in [-0.39, 0.29) is 11.6 Å².